The molecule has 7 nitrogen and oxygen atoms in total. The molecular weight excluding hydrogens is 425 g/mol. The predicted molar refractivity (Wildman–Crippen MR) is 125 cm³/mol. The zero-order valence-electron chi connectivity index (χ0n) is 19.8. The van der Waals surface area contributed by atoms with Gasteiger partial charge in [-0.25, -0.2) is 4.39 Å². The third-order valence-corrected chi connectivity index (χ3v) is 6.12. The number of carbonyl (C=O) groups is 2. The van der Waals surface area contributed by atoms with E-state index in [-0.39, 0.29) is 24.0 Å². The lowest BCUT2D eigenvalue weighted by Gasteiger charge is -2.34. The Hall–Kier alpha value is -2.97. The molecule has 1 aliphatic heterocycles. The third-order valence-electron chi connectivity index (χ3n) is 6.12. The Morgan fingerprint density at radius 2 is 1.82 bits per heavy atom. The van der Waals surface area contributed by atoms with Crippen molar-refractivity contribution >= 4 is 17.5 Å². The molecule has 0 aliphatic carbocycles. The van der Waals surface area contributed by atoms with Crippen molar-refractivity contribution in [3.05, 3.63) is 59.4 Å². The van der Waals surface area contributed by atoms with Gasteiger partial charge in [-0.2, -0.15) is 0 Å². The van der Waals surface area contributed by atoms with E-state index in [0.717, 1.165) is 6.54 Å². The Kier molecular flexibility index (Phi) is 8.05. The highest BCUT2D eigenvalue weighted by Crippen LogP contribution is 2.26. The Bertz CT molecular complexity index is 982. The number of nitrogens with zero attached hydrogens (tertiary/aromatic N) is 2. The average Bonchev–Trinajstić information content (AvgIpc) is 2.80. The largest absolute Gasteiger partial charge is 0.491 e. The number of anilines is 1. The van der Waals surface area contributed by atoms with Gasteiger partial charge >= 0.3 is 0 Å². The lowest BCUT2D eigenvalue weighted by molar-refractivity contribution is 0.0150. The van der Waals surface area contributed by atoms with E-state index in [0.29, 0.717) is 35.7 Å². The number of amides is 2. The summed E-state index contributed by atoms with van der Waals surface area (Å²) in [6, 6.07) is 10.4. The highest BCUT2D eigenvalue weighted by Gasteiger charge is 2.27. The molecule has 0 saturated carbocycles. The van der Waals surface area contributed by atoms with Crippen molar-refractivity contribution in [2.24, 2.45) is 5.92 Å². The lowest BCUT2D eigenvalue weighted by Crippen LogP contribution is -2.45. The van der Waals surface area contributed by atoms with Gasteiger partial charge < -0.3 is 19.7 Å². The van der Waals surface area contributed by atoms with Crippen molar-refractivity contribution in [3.8, 4) is 5.75 Å². The van der Waals surface area contributed by atoms with Crippen molar-refractivity contribution in [1.82, 2.24) is 9.80 Å². The number of hydrogen-bond acceptors (Lipinski definition) is 5. The van der Waals surface area contributed by atoms with Crippen LogP contribution in [-0.2, 0) is 4.74 Å². The van der Waals surface area contributed by atoms with Crippen LogP contribution in [0.3, 0.4) is 0 Å². The van der Waals surface area contributed by atoms with Gasteiger partial charge in [0, 0.05) is 44.5 Å². The summed E-state index contributed by atoms with van der Waals surface area (Å²) in [6.45, 7) is 5.83. The Morgan fingerprint density at radius 1 is 1.12 bits per heavy atom. The second-order valence-corrected chi connectivity index (χ2v) is 8.71. The summed E-state index contributed by atoms with van der Waals surface area (Å²) < 4.78 is 24.9. The first-order valence-electron chi connectivity index (χ1n) is 11.0. The molecule has 2 amide bonds. The molecule has 1 heterocycles. The summed E-state index contributed by atoms with van der Waals surface area (Å²) in [7, 11) is 5.44. The monoisotopic (exact) mass is 457 g/mol. The van der Waals surface area contributed by atoms with Gasteiger partial charge in [-0.15, -0.1) is 0 Å². The first-order chi connectivity index (χ1) is 15.7. The van der Waals surface area contributed by atoms with Crippen molar-refractivity contribution in [1.29, 1.82) is 0 Å². The van der Waals surface area contributed by atoms with E-state index in [2.05, 4.69) is 24.1 Å². The number of nitrogens with one attached hydrogen (secondary N) is 1. The van der Waals surface area contributed by atoms with Crippen molar-refractivity contribution in [2.45, 2.75) is 26.0 Å². The maximum absolute atomic E-state index is 13.3. The molecule has 0 unspecified atom stereocenters. The summed E-state index contributed by atoms with van der Waals surface area (Å²) in [5, 5.41) is 2.77. The summed E-state index contributed by atoms with van der Waals surface area (Å²) in [5.41, 5.74) is 1.12. The number of halogens is 1. The smallest absolute Gasteiger partial charge is 0.257 e. The molecule has 0 spiro atoms. The van der Waals surface area contributed by atoms with Crippen LogP contribution in [0.1, 0.15) is 34.6 Å². The average molecular weight is 458 g/mol. The second-order valence-electron chi connectivity index (χ2n) is 8.71. The molecule has 3 rings (SSSR count). The van der Waals surface area contributed by atoms with E-state index >= 15 is 0 Å². The fourth-order valence-corrected chi connectivity index (χ4v) is 3.84. The van der Waals surface area contributed by atoms with Gasteiger partial charge in [0.1, 0.15) is 18.2 Å². The maximum atomic E-state index is 13.3. The summed E-state index contributed by atoms with van der Waals surface area (Å²) in [4.78, 5) is 29.7. The van der Waals surface area contributed by atoms with Gasteiger partial charge in [0.15, 0.2) is 0 Å². The number of fused-ring (bicyclic) bond motifs is 1. The van der Waals surface area contributed by atoms with Gasteiger partial charge in [-0.3, -0.25) is 14.5 Å². The van der Waals surface area contributed by atoms with E-state index in [1.807, 2.05) is 7.05 Å². The van der Waals surface area contributed by atoms with E-state index in [1.54, 1.807) is 37.3 Å². The van der Waals surface area contributed by atoms with Crippen LogP contribution in [0.2, 0.25) is 0 Å². The van der Waals surface area contributed by atoms with E-state index < -0.39 is 11.7 Å². The van der Waals surface area contributed by atoms with Crippen LogP contribution in [-0.4, -0.2) is 74.7 Å². The van der Waals surface area contributed by atoms with Gasteiger partial charge in [-0.05, 0) is 62.4 Å². The van der Waals surface area contributed by atoms with Crippen LogP contribution in [0.25, 0.3) is 0 Å². The summed E-state index contributed by atoms with van der Waals surface area (Å²) in [5.74, 6) is -0.375. The summed E-state index contributed by atoms with van der Waals surface area (Å²) >= 11 is 0. The molecule has 3 atom stereocenters. The van der Waals surface area contributed by atoms with Gasteiger partial charge in [0.25, 0.3) is 11.8 Å². The maximum Gasteiger partial charge on any atom is 0.257 e. The third kappa shape index (κ3) is 6.09. The standard InChI is InChI=1S/C25H32FN3O4/c1-16-13-28(3)17(2)15-33-22-11-10-20(27-24(30)18-6-8-19(26)9-7-18)12-21(22)25(31)29(4)14-23(16)32-5/h6-12,16-17,23H,13-15H2,1-5H3,(H,27,30)/t16-,17-,23+/m1/s1. The minimum absolute atomic E-state index is 0.126. The van der Waals surface area contributed by atoms with E-state index in [1.165, 1.54) is 24.3 Å². The number of likely N-dealkylation sites (N-methyl/N-ethyl adjacent to an activating group) is 2. The van der Waals surface area contributed by atoms with Gasteiger partial charge in [-0.1, -0.05) is 6.92 Å². The summed E-state index contributed by atoms with van der Waals surface area (Å²) in [6.07, 6.45) is -0.126. The fourth-order valence-electron chi connectivity index (χ4n) is 3.84. The van der Waals surface area contributed by atoms with Crippen LogP contribution in [0.15, 0.2) is 42.5 Å². The minimum atomic E-state index is -0.416. The molecule has 2 aromatic rings. The number of rotatable bonds is 3. The normalized spacial score (nSPS) is 22.5. The van der Waals surface area contributed by atoms with E-state index in [4.69, 9.17) is 9.47 Å². The molecule has 178 valence electrons. The van der Waals surface area contributed by atoms with Crippen LogP contribution in [0.5, 0.6) is 5.75 Å². The number of methoxy groups -OCH3 is 1. The van der Waals surface area contributed by atoms with Gasteiger partial charge in [0.05, 0.1) is 11.7 Å². The molecular formula is C25H32FN3O4. The number of ether oxygens (including phenoxy) is 2. The fraction of sp³-hybridized carbons (Fsp3) is 0.440. The van der Waals surface area contributed by atoms with Crippen molar-refractivity contribution in [3.63, 3.8) is 0 Å². The van der Waals surface area contributed by atoms with Crippen molar-refractivity contribution in [2.75, 3.05) is 46.2 Å². The van der Waals surface area contributed by atoms with Crippen LogP contribution in [0, 0.1) is 11.7 Å². The predicted octanol–water partition coefficient (Wildman–Crippen LogP) is 3.51. The Morgan fingerprint density at radius 3 is 2.48 bits per heavy atom. The highest BCUT2D eigenvalue weighted by atomic mass is 19.1. The minimum Gasteiger partial charge on any atom is -0.491 e. The van der Waals surface area contributed by atoms with Crippen molar-refractivity contribution < 1.29 is 23.5 Å². The number of carbonyl (C=O) groups excluding carboxylic acids is 2. The number of benzene rings is 2. The topological polar surface area (TPSA) is 71.1 Å². The zero-order valence-corrected chi connectivity index (χ0v) is 19.8. The SMILES string of the molecule is CO[C@H]1CN(C)C(=O)c2cc(NC(=O)c3ccc(F)cc3)ccc2OC[C@@H](C)N(C)C[C@H]1C. The molecule has 0 bridgehead atoms. The van der Waals surface area contributed by atoms with Crippen LogP contribution < -0.4 is 10.1 Å². The molecule has 0 fully saturated rings. The highest BCUT2D eigenvalue weighted by molar-refractivity contribution is 6.05. The van der Waals surface area contributed by atoms with Crippen LogP contribution >= 0.6 is 0 Å². The molecule has 8 heteroatoms. The van der Waals surface area contributed by atoms with Gasteiger partial charge in [0.2, 0.25) is 0 Å². The Balaban J connectivity index is 1.90. The van der Waals surface area contributed by atoms with Crippen LogP contribution in [0.4, 0.5) is 10.1 Å². The zero-order chi connectivity index (χ0) is 24.1. The molecule has 0 saturated heterocycles. The quantitative estimate of drug-likeness (QED) is 0.764. The molecule has 1 aliphatic rings. The number of hydrogen-bond donors (Lipinski definition) is 1. The molecule has 33 heavy (non-hydrogen) atoms. The first kappa shape index (κ1) is 24.7. The molecule has 0 radical (unpaired) electrons. The lowest BCUT2D eigenvalue weighted by atomic mass is 10.0. The first-order valence-corrected chi connectivity index (χ1v) is 11.0. The Labute approximate surface area is 194 Å². The molecule has 2 aromatic carbocycles. The molecule has 0 aromatic heterocycles. The second kappa shape index (κ2) is 10.8. The molecule has 1 N–H and O–H groups in total. The van der Waals surface area contributed by atoms with E-state index in [9.17, 15) is 14.0 Å².